The topological polar surface area (TPSA) is 15.5 Å². The summed E-state index contributed by atoms with van der Waals surface area (Å²) in [5.74, 6) is 0.929. The number of benzene rings is 2. The highest BCUT2D eigenvalue weighted by Gasteiger charge is 2.45. The molecular formula is C26H34ClN2O+. The second-order valence-corrected chi connectivity index (χ2v) is 8.39. The number of nitrogens with zero attached hydrogens (tertiary/aromatic N) is 2. The first-order valence-corrected chi connectivity index (χ1v) is 11.4. The maximum atomic E-state index is 6.33. The van der Waals surface area contributed by atoms with Crippen molar-refractivity contribution in [1.29, 1.82) is 0 Å². The molecule has 4 heteroatoms. The van der Waals surface area contributed by atoms with E-state index >= 15 is 0 Å². The molecule has 1 aliphatic rings. The molecule has 3 nitrogen and oxygen atoms in total. The third-order valence-corrected chi connectivity index (χ3v) is 6.63. The predicted octanol–water partition coefficient (Wildman–Crippen LogP) is 6.69. The lowest BCUT2D eigenvalue weighted by molar-refractivity contribution is -0.401. The molecule has 0 saturated carbocycles. The zero-order valence-corrected chi connectivity index (χ0v) is 19.9. The Bertz CT molecular complexity index is 975. The molecule has 0 bridgehead atoms. The van der Waals surface area contributed by atoms with Gasteiger partial charge in [0.25, 0.3) is 0 Å². The Kier molecular flexibility index (Phi) is 6.92. The van der Waals surface area contributed by atoms with Crippen LogP contribution in [0.15, 0.2) is 42.5 Å². The van der Waals surface area contributed by atoms with Crippen LogP contribution in [0.1, 0.15) is 52.2 Å². The molecule has 0 N–H and O–H groups in total. The van der Waals surface area contributed by atoms with Crippen molar-refractivity contribution in [2.24, 2.45) is 0 Å². The lowest BCUT2D eigenvalue weighted by Crippen LogP contribution is -2.29. The Morgan fingerprint density at radius 1 is 1.03 bits per heavy atom. The number of rotatable bonds is 8. The first kappa shape index (κ1) is 22.4. The average molecular weight is 426 g/mol. The summed E-state index contributed by atoms with van der Waals surface area (Å²) in [5.41, 5.74) is 6.02. The highest BCUT2D eigenvalue weighted by molar-refractivity contribution is 6.30. The number of hydrogen-bond donors (Lipinski definition) is 0. The van der Waals surface area contributed by atoms with Gasteiger partial charge in [0.15, 0.2) is 5.71 Å². The third kappa shape index (κ3) is 4.00. The Hall–Kier alpha value is -2.26. The molecule has 1 atom stereocenters. The van der Waals surface area contributed by atoms with Gasteiger partial charge in [-0.1, -0.05) is 18.5 Å². The van der Waals surface area contributed by atoms with Gasteiger partial charge in [0.2, 0.25) is 5.69 Å². The van der Waals surface area contributed by atoms with Crippen molar-refractivity contribution >= 4 is 34.8 Å². The summed E-state index contributed by atoms with van der Waals surface area (Å²) in [4.78, 5) is 2.34. The van der Waals surface area contributed by atoms with Crippen molar-refractivity contribution in [1.82, 2.24) is 0 Å². The van der Waals surface area contributed by atoms with Gasteiger partial charge >= 0.3 is 0 Å². The molecule has 2 aromatic carbocycles. The Morgan fingerprint density at radius 2 is 1.77 bits per heavy atom. The normalized spacial score (nSPS) is 18.2. The number of allylic oxidation sites excluding steroid dienone is 1. The Morgan fingerprint density at radius 3 is 2.40 bits per heavy atom. The van der Waals surface area contributed by atoms with Crippen molar-refractivity contribution in [2.45, 2.75) is 46.5 Å². The highest BCUT2D eigenvalue weighted by atomic mass is 35.5. The minimum atomic E-state index is -0.0710. The van der Waals surface area contributed by atoms with Crippen molar-refractivity contribution in [3.05, 3.63) is 58.6 Å². The fraction of sp³-hybridized carbons (Fsp3) is 0.423. The summed E-state index contributed by atoms with van der Waals surface area (Å²) in [6.45, 7) is 13.5. The second-order valence-electron chi connectivity index (χ2n) is 7.95. The van der Waals surface area contributed by atoms with E-state index in [2.05, 4.69) is 86.7 Å². The van der Waals surface area contributed by atoms with Crippen LogP contribution < -0.4 is 9.64 Å². The van der Waals surface area contributed by atoms with Crippen molar-refractivity contribution < 1.29 is 9.31 Å². The first-order chi connectivity index (χ1) is 14.4. The van der Waals surface area contributed by atoms with E-state index in [0.29, 0.717) is 6.61 Å². The lowest BCUT2D eigenvalue weighted by atomic mass is 9.77. The van der Waals surface area contributed by atoms with Crippen LogP contribution in [-0.4, -0.2) is 37.0 Å². The van der Waals surface area contributed by atoms with E-state index in [9.17, 15) is 0 Å². The molecule has 1 aliphatic heterocycles. The molecule has 0 amide bonds. The molecule has 0 aliphatic carbocycles. The first-order valence-electron chi connectivity index (χ1n) is 11.0. The summed E-state index contributed by atoms with van der Waals surface area (Å²) < 4.78 is 8.28. The summed E-state index contributed by atoms with van der Waals surface area (Å²) in [5, 5.41) is 0.790. The maximum absolute atomic E-state index is 6.33. The smallest absolute Gasteiger partial charge is 0.209 e. The number of hydrogen-bond acceptors (Lipinski definition) is 2. The molecule has 0 fully saturated rings. The van der Waals surface area contributed by atoms with E-state index in [0.717, 1.165) is 35.8 Å². The molecule has 1 heterocycles. The van der Waals surface area contributed by atoms with Gasteiger partial charge in [-0.15, -0.1) is 0 Å². The fourth-order valence-electron chi connectivity index (χ4n) is 4.44. The van der Waals surface area contributed by atoms with Gasteiger partial charge in [-0.25, -0.2) is 0 Å². The van der Waals surface area contributed by atoms with Crippen LogP contribution in [0, 0.1) is 0 Å². The summed E-state index contributed by atoms with van der Waals surface area (Å²) in [7, 11) is 2.14. The molecule has 3 rings (SSSR count). The van der Waals surface area contributed by atoms with Gasteiger partial charge in [-0.2, -0.15) is 4.58 Å². The molecule has 0 aromatic heterocycles. The molecule has 30 heavy (non-hydrogen) atoms. The lowest BCUT2D eigenvalue weighted by Gasteiger charge is -2.22. The molecule has 160 valence electrons. The predicted molar refractivity (Wildman–Crippen MR) is 130 cm³/mol. The average Bonchev–Trinajstić information content (AvgIpc) is 2.95. The minimum Gasteiger partial charge on any atom is -0.493 e. The molecular weight excluding hydrogens is 392 g/mol. The van der Waals surface area contributed by atoms with Crippen LogP contribution in [0.2, 0.25) is 5.02 Å². The van der Waals surface area contributed by atoms with Crippen LogP contribution >= 0.6 is 11.6 Å². The van der Waals surface area contributed by atoms with E-state index in [4.69, 9.17) is 16.3 Å². The van der Waals surface area contributed by atoms with Crippen LogP contribution in [-0.2, 0) is 5.41 Å². The SMILES string of the molecule is CCOc1cc(N(CC)CC)ccc1/C=C/C1=[N+](C)c2ccc(Cl)cc2C1(C)CC. The molecule has 0 spiro atoms. The monoisotopic (exact) mass is 425 g/mol. The minimum absolute atomic E-state index is 0.0710. The molecule has 0 saturated heterocycles. The zero-order chi connectivity index (χ0) is 21.9. The van der Waals surface area contributed by atoms with Gasteiger partial charge in [0.05, 0.1) is 12.0 Å². The number of halogens is 1. The summed E-state index contributed by atoms with van der Waals surface area (Å²) in [6, 6.07) is 12.7. The van der Waals surface area contributed by atoms with Gasteiger partial charge in [0.1, 0.15) is 12.8 Å². The van der Waals surface area contributed by atoms with Gasteiger partial charge in [-0.3, -0.25) is 0 Å². The molecule has 1 unspecified atom stereocenters. The Balaban J connectivity index is 2.01. The van der Waals surface area contributed by atoms with Crippen molar-refractivity contribution in [2.75, 3.05) is 31.6 Å². The maximum Gasteiger partial charge on any atom is 0.209 e. The largest absolute Gasteiger partial charge is 0.493 e. The second kappa shape index (κ2) is 9.26. The highest BCUT2D eigenvalue weighted by Crippen LogP contribution is 2.43. The fourth-order valence-corrected chi connectivity index (χ4v) is 4.62. The molecule has 0 radical (unpaired) electrons. The van der Waals surface area contributed by atoms with E-state index in [-0.39, 0.29) is 5.41 Å². The number of ether oxygens (including phenoxy) is 1. The van der Waals surface area contributed by atoms with Crippen LogP contribution in [0.5, 0.6) is 5.75 Å². The number of fused-ring (bicyclic) bond motifs is 1. The third-order valence-electron chi connectivity index (χ3n) is 6.39. The summed E-state index contributed by atoms with van der Waals surface area (Å²) in [6.07, 6.45) is 5.43. The number of anilines is 1. The summed E-state index contributed by atoms with van der Waals surface area (Å²) >= 11 is 6.33. The van der Waals surface area contributed by atoms with E-state index in [1.165, 1.54) is 22.6 Å². The van der Waals surface area contributed by atoms with Gasteiger partial charge in [-0.05, 0) is 64.5 Å². The van der Waals surface area contributed by atoms with Crippen molar-refractivity contribution in [3.8, 4) is 5.75 Å². The van der Waals surface area contributed by atoms with Gasteiger partial charge < -0.3 is 9.64 Å². The van der Waals surface area contributed by atoms with Gasteiger partial charge in [0, 0.05) is 53.1 Å². The van der Waals surface area contributed by atoms with E-state index < -0.39 is 0 Å². The van der Waals surface area contributed by atoms with Crippen molar-refractivity contribution in [3.63, 3.8) is 0 Å². The van der Waals surface area contributed by atoms with Crippen LogP contribution in [0.4, 0.5) is 11.4 Å². The molecule has 2 aromatic rings. The zero-order valence-electron chi connectivity index (χ0n) is 19.1. The standard InChI is InChI=1S/C26H34ClN2O/c1-7-26(5)22-17-20(27)13-15-23(22)28(6)25(26)16-12-19-11-14-21(29(8-2)9-3)18-24(19)30-10-4/h11-18H,7-10H2,1-6H3/q+1. The van der Waals surface area contributed by atoms with E-state index in [1.54, 1.807) is 0 Å². The van der Waals surface area contributed by atoms with E-state index in [1.807, 2.05) is 13.0 Å². The van der Waals surface area contributed by atoms with Crippen LogP contribution in [0.25, 0.3) is 6.08 Å². The quantitative estimate of drug-likeness (QED) is 0.437. The van der Waals surface area contributed by atoms with Crippen LogP contribution in [0.3, 0.4) is 0 Å². The Labute approximate surface area is 186 Å².